The molecule has 50 heavy (non-hydrogen) atoms. The summed E-state index contributed by atoms with van der Waals surface area (Å²) < 4.78 is 8.44. The van der Waals surface area contributed by atoms with Crippen LogP contribution in [0.15, 0.2) is 128 Å². The third-order valence-electron chi connectivity index (χ3n) is 9.27. The van der Waals surface area contributed by atoms with Crippen LogP contribution in [-0.2, 0) is 14.1 Å². The van der Waals surface area contributed by atoms with Gasteiger partial charge >= 0.3 is 0 Å². The van der Waals surface area contributed by atoms with Crippen LogP contribution in [0.2, 0.25) is 5.04 Å². The van der Waals surface area contributed by atoms with Crippen molar-refractivity contribution in [2.75, 3.05) is 6.61 Å². The molecule has 0 saturated heterocycles. The van der Waals surface area contributed by atoms with E-state index in [0.29, 0.717) is 0 Å². The van der Waals surface area contributed by atoms with Gasteiger partial charge in [-0.2, -0.15) is 0 Å². The van der Waals surface area contributed by atoms with Gasteiger partial charge in [-0.1, -0.05) is 126 Å². The molecule has 0 aliphatic rings. The maximum absolute atomic E-state index is 14.0. The molecule has 2 aromatic heterocycles. The highest BCUT2D eigenvalue weighted by Gasteiger charge is 2.51. The molecule has 2 heterocycles. The predicted octanol–water partition coefficient (Wildman–Crippen LogP) is 6.28. The number of carbonyl (C=O) groups is 2. The number of carbonyl (C=O) groups excluding carboxylic acids is 2. The van der Waals surface area contributed by atoms with E-state index < -0.39 is 31.7 Å². The fourth-order valence-corrected chi connectivity index (χ4v) is 10.5. The van der Waals surface area contributed by atoms with Crippen LogP contribution >= 0.6 is 0 Å². The van der Waals surface area contributed by atoms with Gasteiger partial charge in [-0.05, 0) is 61.3 Å². The molecule has 0 saturated carbocycles. The summed E-state index contributed by atoms with van der Waals surface area (Å²) in [4.78, 5) is 32.0. The quantitative estimate of drug-likeness (QED) is 0.106. The van der Waals surface area contributed by atoms with Crippen LogP contribution in [0.5, 0.6) is 0 Å². The van der Waals surface area contributed by atoms with E-state index in [1.165, 1.54) is 0 Å². The summed E-state index contributed by atoms with van der Waals surface area (Å²) in [7, 11) is -3.07. The van der Waals surface area contributed by atoms with E-state index in [0.717, 1.165) is 32.6 Å². The zero-order valence-corrected chi connectivity index (χ0v) is 30.8. The molecule has 0 bridgehead atoms. The van der Waals surface area contributed by atoms with Crippen molar-refractivity contribution in [2.24, 2.45) is 5.41 Å². The zero-order chi connectivity index (χ0) is 35.9. The van der Waals surface area contributed by atoms with E-state index in [1.54, 1.807) is 17.0 Å². The lowest BCUT2D eigenvalue weighted by atomic mass is 9.87. The lowest BCUT2D eigenvalue weighted by Crippen LogP contribution is -2.68. The van der Waals surface area contributed by atoms with Crippen LogP contribution in [0, 0.1) is 5.41 Å². The van der Waals surface area contributed by atoms with Crippen LogP contribution in [-0.4, -0.2) is 47.4 Å². The Kier molecular flexibility index (Phi) is 11.2. The fraction of sp³-hybridized carbons (Fsp3) is 0.293. The van der Waals surface area contributed by atoms with Crippen LogP contribution in [0.4, 0.5) is 0 Å². The van der Waals surface area contributed by atoms with Gasteiger partial charge in [0.25, 0.3) is 8.32 Å². The molecule has 0 unspecified atom stereocenters. The Morgan fingerprint density at radius 1 is 0.760 bits per heavy atom. The molecule has 0 aliphatic heterocycles. The van der Waals surface area contributed by atoms with E-state index >= 15 is 0 Å². The van der Waals surface area contributed by atoms with Crippen molar-refractivity contribution in [3.8, 4) is 22.3 Å². The van der Waals surface area contributed by atoms with Crippen molar-refractivity contribution in [1.29, 1.82) is 0 Å². The molecule has 5 rings (SSSR count). The number of nitrogens with zero attached hydrogens (tertiary/aromatic N) is 2. The first kappa shape index (κ1) is 36.4. The van der Waals surface area contributed by atoms with Crippen molar-refractivity contribution in [2.45, 2.75) is 65.1 Å². The Labute approximate surface area is 296 Å². The summed E-state index contributed by atoms with van der Waals surface area (Å²) in [6, 6.07) is 32.7. The molecule has 2 amide bonds. The second kappa shape index (κ2) is 15.4. The molecule has 260 valence electrons. The van der Waals surface area contributed by atoms with Crippen LogP contribution in [0.25, 0.3) is 22.3 Å². The Balaban J connectivity index is 1.44. The number of aliphatic hydroxyl groups excluding tert-OH is 1. The van der Waals surface area contributed by atoms with Gasteiger partial charge < -0.3 is 19.5 Å². The third-order valence-corrected chi connectivity index (χ3v) is 14.1. The Morgan fingerprint density at radius 2 is 1.28 bits per heavy atom. The summed E-state index contributed by atoms with van der Waals surface area (Å²) in [5.74, 6) is -0.791. The molecular formula is C41H48N4O4Si. The topological polar surface area (TPSA) is 105 Å². The summed E-state index contributed by atoms with van der Waals surface area (Å²) in [5.41, 5.74) is 6.44. The molecule has 5 aromatic rings. The Bertz CT molecular complexity index is 1810. The number of amides is 2. The smallest absolute Gasteiger partial charge is 0.295 e. The molecule has 0 aliphatic carbocycles. The summed E-state index contributed by atoms with van der Waals surface area (Å²) in [6.07, 6.45) is 7.06. The largest absolute Gasteiger partial charge is 0.394 e. The number of aromatic nitrogens is 2. The summed E-state index contributed by atoms with van der Waals surface area (Å²) in [5, 5.41) is 14.8. The molecule has 0 spiro atoms. The van der Waals surface area contributed by atoms with E-state index in [9.17, 15) is 14.7 Å². The van der Waals surface area contributed by atoms with Crippen molar-refractivity contribution < 1.29 is 19.2 Å². The van der Waals surface area contributed by atoms with E-state index in [4.69, 9.17) is 4.53 Å². The van der Waals surface area contributed by atoms with Crippen molar-refractivity contribution in [3.05, 3.63) is 128 Å². The van der Waals surface area contributed by atoms with E-state index in [2.05, 4.69) is 73.0 Å². The normalized spacial score (nSPS) is 13.3. The van der Waals surface area contributed by atoms with Crippen molar-refractivity contribution in [3.63, 3.8) is 0 Å². The standard InChI is InChI=1S/C41H48N4O4Si/c1-40(2,3)37(29-46)43-39(48)36(45-26-23-33(28-45)31-19-17-30(18-20-31)32-21-24-42-25-22-32)27-38(47)44-49-50(41(4,5)6,34-13-9-7-10-14-34)35-15-11-8-12-16-35/h7-26,28,36-37,46H,27,29H2,1-6H3,(H,43,48)(H,44,47)/t36-,37-/m1/s1. The number of pyridine rings is 1. The van der Waals surface area contributed by atoms with Crippen LogP contribution in [0.3, 0.4) is 0 Å². The van der Waals surface area contributed by atoms with Gasteiger partial charge in [-0.25, -0.2) is 5.48 Å². The van der Waals surface area contributed by atoms with Gasteiger partial charge in [0.1, 0.15) is 6.04 Å². The second-order valence-electron chi connectivity index (χ2n) is 14.8. The first-order valence-corrected chi connectivity index (χ1v) is 18.9. The Morgan fingerprint density at radius 3 is 1.78 bits per heavy atom. The van der Waals surface area contributed by atoms with Crippen molar-refractivity contribution in [1.82, 2.24) is 20.3 Å². The van der Waals surface area contributed by atoms with Gasteiger partial charge in [0, 0.05) is 24.8 Å². The molecular weight excluding hydrogens is 641 g/mol. The highest BCUT2D eigenvalue weighted by molar-refractivity contribution is 6.99. The van der Waals surface area contributed by atoms with Gasteiger partial charge in [0.2, 0.25) is 11.8 Å². The molecule has 3 aromatic carbocycles. The zero-order valence-electron chi connectivity index (χ0n) is 29.8. The molecule has 8 nitrogen and oxygen atoms in total. The number of hydrogen-bond donors (Lipinski definition) is 3. The molecule has 0 fully saturated rings. The van der Waals surface area contributed by atoms with Gasteiger partial charge in [-0.3, -0.25) is 14.6 Å². The first-order chi connectivity index (χ1) is 23.8. The summed E-state index contributed by atoms with van der Waals surface area (Å²) >= 11 is 0. The average Bonchev–Trinajstić information content (AvgIpc) is 3.60. The number of hydroxylamine groups is 1. The van der Waals surface area contributed by atoms with Gasteiger partial charge in [-0.15, -0.1) is 0 Å². The van der Waals surface area contributed by atoms with E-state index in [-0.39, 0.29) is 24.0 Å². The fourth-order valence-electron chi connectivity index (χ4n) is 6.31. The van der Waals surface area contributed by atoms with Crippen LogP contribution in [0.1, 0.15) is 54.0 Å². The lowest BCUT2D eigenvalue weighted by Gasteiger charge is -2.42. The third kappa shape index (κ3) is 8.13. The average molecular weight is 689 g/mol. The van der Waals surface area contributed by atoms with E-state index in [1.807, 2.05) is 99.9 Å². The molecule has 2 atom stereocenters. The summed E-state index contributed by atoms with van der Waals surface area (Å²) in [6.45, 7) is 12.0. The maximum atomic E-state index is 14.0. The molecule has 9 heteroatoms. The Hall–Kier alpha value is -4.83. The minimum Gasteiger partial charge on any atom is -0.394 e. The maximum Gasteiger partial charge on any atom is 0.295 e. The highest BCUT2D eigenvalue weighted by atomic mass is 28.4. The number of hydrogen-bond acceptors (Lipinski definition) is 5. The van der Waals surface area contributed by atoms with Gasteiger partial charge in [0.05, 0.1) is 19.1 Å². The minimum absolute atomic E-state index is 0.179. The molecule has 0 radical (unpaired) electrons. The van der Waals surface area contributed by atoms with Crippen LogP contribution < -0.4 is 21.2 Å². The van der Waals surface area contributed by atoms with Gasteiger partial charge in [0.15, 0.2) is 0 Å². The highest BCUT2D eigenvalue weighted by Crippen LogP contribution is 2.36. The molecule has 3 N–H and O–H groups in total. The monoisotopic (exact) mass is 688 g/mol. The SMILES string of the molecule is CC(C)(C)[C@@H](CO)NC(=O)[C@@H](CC(=O)NO[Si](c1ccccc1)(c1ccccc1)C(C)(C)C)n1ccc(-c2ccc(-c3ccncc3)cc2)c1. The first-order valence-electron chi connectivity index (χ1n) is 17.0. The second-order valence-corrected chi connectivity index (χ2v) is 19.0. The number of rotatable bonds is 12. The van der Waals surface area contributed by atoms with Crippen molar-refractivity contribution >= 4 is 30.5 Å². The minimum atomic E-state index is -3.07. The number of aliphatic hydroxyl groups is 1. The predicted molar refractivity (Wildman–Crippen MR) is 202 cm³/mol. The number of nitrogens with one attached hydrogen (secondary N) is 2. The number of benzene rings is 3. The lowest BCUT2D eigenvalue weighted by molar-refractivity contribution is -0.134.